The second-order valence-corrected chi connectivity index (χ2v) is 9.94. The van der Waals surface area contributed by atoms with Crippen LogP contribution in [-0.2, 0) is 10.0 Å². The lowest BCUT2D eigenvalue weighted by atomic mass is 9.77. The predicted octanol–water partition coefficient (Wildman–Crippen LogP) is 5.03. The zero-order chi connectivity index (χ0) is 14.6. The molecule has 3 nitrogen and oxygen atoms in total. The lowest BCUT2D eigenvalue weighted by molar-refractivity contribution is 0.179. The Morgan fingerprint density at radius 1 is 1.05 bits per heavy atom. The van der Waals surface area contributed by atoms with Crippen molar-refractivity contribution in [3.05, 3.63) is 0 Å². The summed E-state index contributed by atoms with van der Waals surface area (Å²) < 4.78 is 25.5. The fourth-order valence-electron chi connectivity index (χ4n) is 2.74. The fraction of sp³-hybridized carbons (Fsp3) is 1.00. The minimum atomic E-state index is -3.14. The molecule has 0 unspecified atom stereocenters. The van der Waals surface area contributed by atoms with Gasteiger partial charge in [-0.2, -0.15) is 4.31 Å². The largest absolute Gasteiger partial charge is 0.212 e. The third kappa shape index (κ3) is 5.55. The summed E-state index contributed by atoms with van der Waals surface area (Å²) >= 11 is 0. The van der Waals surface area contributed by atoms with Crippen LogP contribution in [-0.4, -0.2) is 31.1 Å². The van der Waals surface area contributed by atoms with Crippen LogP contribution in [0.5, 0.6) is 0 Å². The molecule has 0 aromatic rings. The van der Waals surface area contributed by atoms with E-state index in [9.17, 15) is 8.42 Å². The molecule has 0 amide bonds. The smallest absolute Gasteiger partial charge is 0.211 e. The van der Waals surface area contributed by atoms with E-state index in [4.69, 9.17) is 0 Å². The van der Waals surface area contributed by atoms with Gasteiger partial charge in [-0.25, -0.2) is 8.42 Å². The van der Waals surface area contributed by atoms with Gasteiger partial charge in [-0.15, -0.1) is 0 Å². The molecule has 0 aliphatic heterocycles. The van der Waals surface area contributed by atoms with Crippen molar-refractivity contribution in [3.63, 3.8) is 0 Å². The van der Waals surface area contributed by atoms with Gasteiger partial charge in [0.15, 0.2) is 0 Å². The number of hydrogen-bond donors (Lipinski definition) is 0. The number of rotatable bonds is 3. The van der Waals surface area contributed by atoms with Crippen LogP contribution in [0.4, 0.5) is 0 Å². The molecule has 0 spiro atoms. The molecular weight excluding hydrogens is 282 g/mol. The molecule has 0 heterocycles. The first-order valence-corrected chi connectivity index (χ1v) is 8.52. The van der Waals surface area contributed by atoms with Gasteiger partial charge in [0.25, 0.3) is 0 Å². The Morgan fingerprint density at radius 2 is 1.43 bits per heavy atom. The third-order valence-electron chi connectivity index (χ3n) is 4.66. The van der Waals surface area contributed by atoms with Crippen LogP contribution in [0.1, 0.15) is 77.2 Å². The van der Waals surface area contributed by atoms with E-state index in [1.165, 1.54) is 6.26 Å². The van der Waals surface area contributed by atoms with E-state index in [0.717, 1.165) is 6.42 Å². The first kappa shape index (κ1) is 25.8. The molecule has 0 N–H and O–H groups in total. The van der Waals surface area contributed by atoms with E-state index >= 15 is 0 Å². The van der Waals surface area contributed by atoms with Crippen LogP contribution >= 0.6 is 0 Å². The molecule has 1 aliphatic rings. The molecule has 1 aliphatic carbocycles. The minimum Gasteiger partial charge on any atom is -0.212 e. The van der Waals surface area contributed by atoms with Crippen LogP contribution in [0.2, 0.25) is 0 Å². The van der Waals surface area contributed by atoms with Crippen molar-refractivity contribution in [1.82, 2.24) is 4.31 Å². The van der Waals surface area contributed by atoms with E-state index in [0.29, 0.717) is 12.5 Å². The second-order valence-electron chi connectivity index (χ2n) is 8.03. The molecule has 0 bridgehead atoms. The summed E-state index contributed by atoms with van der Waals surface area (Å²) in [6, 6.07) is 0. The molecule has 0 radical (unpaired) electrons. The van der Waals surface area contributed by atoms with Crippen molar-refractivity contribution in [2.24, 2.45) is 16.7 Å². The maximum Gasteiger partial charge on any atom is 0.211 e. The molecule has 0 saturated heterocycles. The molecule has 2 atom stereocenters. The maximum atomic E-state index is 11.9. The van der Waals surface area contributed by atoms with Crippen molar-refractivity contribution in [2.45, 2.75) is 82.7 Å². The van der Waals surface area contributed by atoms with E-state index < -0.39 is 10.0 Å². The van der Waals surface area contributed by atoms with E-state index in [1.54, 1.807) is 4.31 Å². The highest BCUT2D eigenvalue weighted by Crippen LogP contribution is 2.63. The highest BCUT2D eigenvalue weighted by Gasteiger charge is 2.58. The van der Waals surface area contributed by atoms with Gasteiger partial charge < -0.3 is 0 Å². The van der Waals surface area contributed by atoms with Gasteiger partial charge >= 0.3 is 0 Å². The molecule has 1 rings (SSSR count). The van der Waals surface area contributed by atoms with Gasteiger partial charge in [-0.3, -0.25) is 0 Å². The van der Waals surface area contributed by atoms with Crippen molar-refractivity contribution in [1.29, 1.82) is 0 Å². The summed E-state index contributed by atoms with van der Waals surface area (Å²) in [5.74, 6) is 0.478. The van der Waals surface area contributed by atoms with Gasteiger partial charge in [0, 0.05) is 12.1 Å². The Labute approximate surface area is 135 Å². The maximum absolute atomic E-state index is 11.9. The summed E-state index contributed by atoms with van der Waals surface area (Å²) in [4.78, 5) is 0. The molecule has 21 heavy (non-hydrogen) atoms. The summed E-state index contributed by atoms with van der Waals surface area (Å²) in [5, 5.41) is 0. The van der Waals surface area contributed by atoms with E-state index in [-0.39, 0.29) is 38.6 Å². The molecule has 0 aromatic heterocycles. The lowest BCUT2D eigenvalue weighted by Crippen LogP contribution is -2.46. The van der Waals surface area contributed by atoms with Crippen LogP contribution in [0, 0.1) is 16.7 Å². The monoisotopic (exact) mass is 323 g/mol. The topological polar surface area (TPSA) is 37.4 Å². The zero-order valence-electron chi connectivity index (χ0n) is 13.2. The third-order valence-corrected chi connectivity index (χ3v) is 6.16. The molecular formula is C17H41NO2S. The predicted molar refractivity (Wildman–Crippen MR) is 97.2 cm³/mol. The number of hydrogen-bond acceptors (Lipinski definition) is 2. The first-order chi connectivity index (χ1) is 7.69. The van der Waals surface area contributed by atoms with Crippen molar-refractivity contribution in [2.75, 3.05) is 12.8 Å². The molecule has 4 heteroatoms. The first-order valence-electron chi connectivity index (χ1n) is 6.67. The van der Waals surface area contributed by atoms with Gasteiger partial charge in [0.2, 0.25) is 10.0 Å². The Kier molecular flexibility index (Phi) is 8.60. The Bertz CT molecular complexity index is 415. The van der Waals surface area contributed by atoms with E-state index in [1.807, 2.05) is 20.8 Å². The van der Waals surface area contributed by atoms with E-state index in [2.05, 4.69) is 27.7 Å². The fourth-order valence-corrected chi connectivity index (χ4v) is 4.19. The summed E-state index contributed by atoms with van der Waals surface area (Å²) in [6.07, 6.45) is 2.44. The zero-order valence-corrected chi connectivity index (χ0v) is 14.0. The molecule has 1 saturated carbocycles. The number of nitrogens with zero attached hydrogens (tertiary/aromatic N) is 1. The quantitative estimate of drug-likeness (QED) is 0.730. The molecule has 132 valence electrons. The highest BCUT2D eigenvalue weighted by molar-refractivity contribution is 7.88. The van der Waals surface area contributed by atoms with Gasteiger partial charge in [-0.05, 0) is 43.9 Å². The van der Waals surface area contributed by atoms with Crippen molar-refractivity contribution in [3.8, 4) is 0 Å². The van der Waals surface area contributed by atoms with Gasteiger partial charge in [0.1, 0.15) is 0 Å². The lowest BCUT2D eigenvalue weighted by Gasteiger charge is -2.35. The summed E-state index contributed by atoms with van der Waals surface area (Å²) in [5.41, 5.74) is 0.162. The Morgan fingerprint density at radius 3 is 1.62 bits per heavy atom. The van der Waals surface area contributed by atoms with Crippen LogP contribution in [0.15, 0.2) is 0 Å². The molecule has 1 fully saturated rings. The molecule has 0 aromatic carbocycles. The van der Waals surface area contributed by atoms with Gasteiger partial charge in [-0.1, -0.05) is 50.0 Å². The average Bonchev–Trinajstić information content (AvgIpc) is 2.69. The Hall–Kier alpha value is -0.0900. The summed E-state index contributed by atoms with van der Waals surface area (Å²) in [6.45, 7) is 15.6. The second kappa shape index (κ2) is 6.99. The SMILES string of the molecule is C.C.C.CC(C)(C)N(C[C@@H]1C[C@]1(C)C(C)(C)C)S(C)(=O)=O. The van der Waals surface area contributed by atoms with Crippen LogP contribution in [0.3, 0.4) is 0 Å². The van der Waals surface area contributed by atoms with Gasteiger partial charge in [0.05, 0.1) is 6.26 Å². The number of sulfonamides is 1. The summed E-state index contributed by atoms with van der Waals surface area (Å²) in [7, 11) is -3.14. The average molecular weight is 324 g/mol. The standard InChI is InChI=1S/C14H29NO2S.3CH4/c1-12(2,3)14(7)9-11(14)10-15(13(4,5)6)18(8,16)17;;;/h11H,9-10H2,1-8H3;3*1H4/t11-,14-;;;/m0.../s1. The van der Waals surface area contributed by atoms with Crippen LogP contribution < -0.4 is 0 Å². The van der Waals surface area contributed by atoms with Crippen molar-refractivity contribution >= 4 is 10.0 Å². The Balaban J connectivity index is -0.00000108. The van der Waals surface area contributed by atoms with Crippen molar-refractivity contribution < 1.29 is 8.42 Å². The normalized spacial score (nSPS) is 25.5. The minimum absolute atomic E-state index is 0. The highest BCUT2D eigenvalue weighted by atomic mass is 32.2. The van der Waals surface area contributed by atoms with Crippen LogP contribution in [0.25, 0.3) is 0 Å².